The highest BCUT2D eigenvalue weighted by molar-refractivity contribution is 5.78. The highest BCUT2D eigenvalue weighted by Crippen LogP contribution is 2.22. The van der Waals surface area contributed by atoms with Gasteiger partial charge in [0.25, 0.3) is 5.56 Å². The number of benzene rings is 2. The van der Waals surface area contributed by atoms with Crippen molar-refractivity contribution in [1.29, 1.82) is 0 Å². The minimum Gasteiger partial charge on any atom is -0.305 e. The molecule has 0 aliphatic heterocycles. The molecule has 0 atom stereocenters. The molecule has 0 saturated heterocycles. The smallest absolute Gasteiger partial charge is 0.259 e. The Bertz CT molecular complexity index is 1130. The second-order valence-corrected chi connectivity index (χ2v) is 6.23. The third-order valence-corrected chi connectivity index (χ3v) is 4.21. The quantitative estimate of drug-likeness (QED) is 0.612. The molecule has 0 unspecified atom stereocenters. The monoisotopic (exact) mass is 331 g/mol. The number of aromatic amines is 1. The summed E-state index contributed by atoms with van der Waals surface area (Å²) in [6, 6.07) is 11.5. The van der Waals surface area contributed by atoms with E-state index < -0.39 is 0 Å². The van der Waals surface area contributed by atoms with E-state index in [-0.39, 0.29) is 5.56 Å². The second kappa shape index (κ2) is 5.66. The van der Waals surface area contributed by atoms with E-state index in [1.54, 1.807) is 16.9 Å². The standard InChI is InChI=1S/C19H17N5O/c1-11-8-12(2)17(13(3)9-11)24-10-16(22-23-24)18-20-15-7-5-4-6-14(15)19(25)21-18/h4-10H,1-3H3,(H,20,21,25). The van der Waals surface area contributed by atoms with Gasteiger partial charge >= 0.3 is 0 Å². The number of hydrogen-bond donors (Lipinski definition) is 1. The van der Waals surface area contributed by atoms with Crippen molar-refractivity contribution in [2.24, 2.45) is 0 Å². The highest BCUT2D eigenvalue weighted by atomic mass is 16.1. The predicted octanol–water partition coefficient (Wildman–Crippen LogP) is 3.10. The Labute approximate surface area is 144 Å². The molecule has 0 bridgehead atoms. The van der Waals surface area contributed by atoms with Crippen LogP contribution in [-0.2, 0) is 0 Å². The van der Waals surface area contributed by atoms with Crippen LogP contribution in [0, 0.1) is 20.8 Å². The van der Waals surface area contributed by atoms with Gasteiger partial charge in [0.15, 0.2) is 5.82 Å². The Morgan fingerprint density at radius 1 is 1.04 bits per heavy atom. The van der Waals surface area contributed by atoms with Crippen molar-refractivity contribution in [3.63, 3.8) is 0 Å². The van der Waals surface area contributed by atoms with E-state index in [2.05, 4.69) is 39.3 Å². The number of nitrogens with zero attached hydrogens (tertiary/aromatic N) is 4. The predicted molar refractivity (Wildman–Crippen MR) is 96.9 cm³/mol. The van der Waals surface area contributed by atoms with Gasteiger partial charge in [-0.15, -0.1) is 5.10 Å². The van der Waals surface area contributed by atoms with Gasteiger partial charge in [0.2, 0.25) is 0 Å². The molecule has 6 nitrogen and oxygen atoms in total. The molecule has 124 valence electrons. The summed E-state index contributed by atoms with van der Waals surface area (Å²) in [6.45, 7) is 6.17. The molecule has 0 aliphatic carbocycles. The lowest BCUT2D eigenvalue weighted by Crippen LogP contribution is -2.09. The number of nitrogens with one attached hydrogen (secondary N) is 1. The van der Waals surface area contributed by atoms with Crippen LogP contribution in [0.25, 0.3) is 28.1 Å². The zero-order valence-electron chi connectivity index (χ0n) is 14.2. The van der Waals surface area contributed by atoms with E-state index in [0.717, 1.165) is 16.8 Å². The number of para-hydroxylation sites is 1. The van der Waals surface area contributed by atoms with Gasteiger partial charge in [-0.05, 0) is 44.0 Å². The SMILES string of the molecule is Cc1cc(C)c(-n2cc(-c3nc4ccccc4c(=O)[nH]3)nn2)c(C)c1. The maximum Gasteiger partial charge on any atom is 0.259 e. The molecule has 2 aromatic heterocycles. The van der Waals surface area contributed by atoms with Gasteiger partial charge in [0.1, 0.15) is 5.69 Å². The van der Waals surface area contributed by atoms with E-state index in [0.29, 0.717) is 22.4 Å². The Kier molecular flexibility index (Phi) is 3.46. The van der Waals surface area contributed by atoms with Crippen LogP contribution >= 0.6 is 0 Å². The summed E-state index contributed by atoms with van der Waals surface area (Å²) >= 11 is 0. The van der Waals surface area contributed by atoms with Gasteiger partial charge < -0.3 is 4.98 Å². The average Bonchev–Trinajstić information content (AvgIpc) is 3.03. The van der Waals surface area contributed by atoms with Gasteiger partial charge in [0, 0.05) is 0 Å². The van der Waals surface area contributed by atoms with Crippen molar-refractivity contribution in [3.8, 4) is 17.2 Å². The van der Waals surface area contributed by atoms with Gasteiger partial charge in [-0.25, -0.2) is 9.67 Å². The molecule has 0 fully saturated rings. The topological polar surface area (TPSA) is 76.5 Å². The Morgan fingerprint density at radius 2 is 1.76 bits per heavy atom. The average molecular weight is 331 g/mol. The highest BCUT2D eigenvalue weighted by Gasteiger charge is 2.13. The fraction of sp³-hybridized carbons (Fsp3) is 0.158. The molecule has 0 spiro atoms. The molecule has 2 heterocycles. The zero-order chi connectivity index (χ0) is 17.6. The van der Waals surface area contributed by atoms with Gasteiger partial charge in [0.05, 0.1) is 22.8 Å². The summed E-state index contributed by atoms with van der Waals surface area (Å²) in [5.74, 6) is 0.414. The third kappa shape index (κ3) is 2.61. The lowest BCUT2D eigenvalue weighted by atomic mass is 10.1. The van der Waals surface area contributed by atoms with Gasteiger partial charge in [-0.1, -0.05) is 35.0 Å². The van der Waals surface area contributed by atoms with E-state index in [1.165, 1.54) is 5.56 Å². The summed E-state index contributed by atoms with van der Waals surface area (Å²) in [4.78, 5) is 19.5. The van der Waals surface area contributed by atoms with Crippen molar-refractivity contribution in [3.05, 3.63) is 69.6 Å². The number of hydrogen-bond acceptors (Lipinski definition) is 4. The number of aryl methyl sites for hydroxylation is 3. The van der Waals surface area contributed by atoms with Crippen LogP contribution in [0.5, 0.6) is 0 Å². The summed E-state index contributed by atoms with van der Waals surface area (Å²) in [6.07, 6.45) is 1.79. The van der Waals surface area contributed by atoms with Crippen molar-refractivity contribution < 1.29 is 0 Å². The van der Waals surface area contributed by atoms with Crippen LogP contribution in [-0.4, -0.2) is 25.0 Å². The van der Waals surface area contributed by atoms with Crippen LogP contribution in [0.2, 0.25) is 0 Å². The first kappa shape index (κ1) is 15.3. The fourth-order valence-electron chi connectivity index (χ4n) is 3.22. The lowest BCUT2D eigenvalue weighted by Gasteiger charge is -2.10. The number of H-pyrrole nitrogens is 1. The summed E-state index contributed by atoms with van der Waals surface area (Å²) in [5.41, 5.74) is 5.42. The van der Waals surface area contributed by atoms with Crippen LogP contribution in [0.4, 0.5) is 0 Å². The normalized spacial score (nSPS) is 11.2. The molecule has 2 aromatic carbocycles. The summed E-state index contributed by atoms with van der Waals surface area (Å²) in [5, 5.41) is 8.98. The molecular weight excluding hydrogens is 314 g/mol. The molecule has 0 amide bonds. The largest absolute Gasteiger partial charge is 0.305 e. The molecule has 4 aromatic rings. The van der Waals surface area contributed by atoms with Crippen molar-refractivity contribution in [2.75, 3.05) is 0 Å². The first-order valence-electron chi connectivity index (χ1n) is 8.03. The van der Waals surface area contributed by atoms with Gasteiger partial charge in [-0.2, -0.15) is 0 Å². The molecule has 4 rings (SSSR count). The Balaban J connectivity index is 1.84. The first-order valence-corrected chi connectivity index (χ1v) is 8.03. The Morgan fingerprint density at radius 3 is 2.52 bits per heavy atom. The molecule has 1 N–H and O–H groups in total. The zero-order valence-corrected chi connectivity index (χ0v) is 14.2. The molecular formula is C19H17N5O. The Hall–Kier alpha value is -3.28. The molecule has 25 heavy (non-hydrogen) atoms. The molecule has 6 heteroatoms. The number of aromatic nitrogens is 5. The maximum absolute atomic E-state index is 12.2. The van der Waals surface area contributed by atoms with E-state index in [9.17, 15) is 4.79 Å². The second-order valence-electron chi connectivity index (χ2n) is 6.23. The number of rotatable bonds is 2. The molecule has 0 radical (unpaired) electrons. The van der Waals surface area contributed by atoms with Crippen LogP contribution in [0.15, 0.2) is 47.4 Å². The van der Waals surface area contributed by atoms with E-state index in [4.69, 9.17) is 0 Å². The summed E-state index contributed by atoms with van der Waals surface area (Å²) < 4.78 is 1.73. The summed E-state index contributed by atoms with van der Waals surface area (Å²) in [7, 11) is 0. The lowest BCUT2D eigenvalue weighted by molar-refractivity contribution is 0.793. The van der Waals surface area contributed by atoms with Crippen LogP contribution in [0.1, 0.15) is 16.7 Å². The molecule has 0 saturated carbocycles. The number of fused-ring (bicyclic) bond motifs is 1. The van der Waals surface area contributed by atoms with Crippen molar-refractivity contribution in [1.82, 2.24) is 25.0 Å². The van der Waals surface area contributed by atoms with E-state index >= 15 is 0 Å². The maximum atomic E-state index is 12.2. The third-order valence-electron chi connectivity index (χ3n) is 4.21. The van der Waals surface area contributed by atoms with Crippen LogP contribution < -0.4 is 5.56 Å². The fourth-order valence-corrected chi connectivity index (χ4v) is 3.22. The molecule has 0 aliphatic rings. The minimum atomic E-state index is -0.183. The minimum absolute atomic E-state index is 0.183. The van der Waals surface area contributed by atoms with Crippen molar-refractivity contribution in [2.45, 2.75) is 20.8 Å². The first-order chi connectivity index (χ1) is 12.0. The van der Waals surface area contributed by atoms with E-state index in [1.807, 2.05) is 32.0 Å². The van der Waals surface area contributed by atoms with Crippen molar-refractivity contribution >= 4 is 10.9 Å². The van der Waals surface area contributed by atoms with Crippen LogP contribution in [0.3, 0.4) is 0 Å². The van der Waals surface area contributed by atoms with Gasteiger partial charge in [-0.3, -0.25) is 4.79 Å².